The lowest BCUT2D eigenvalue weighted by Gasteiger charge is -2.37. The summed E-state index contributed by atoms with van der Waals surface area (Å²) in [6.45, 7) is 2.47. The summed E-state index contributed by atoms with van der Waals surface area (Å²) < 4.78 is 0. The standard InChI is InChI=1S/C12H21NS/c14-10-2-1-8-13-9-4-6-11-5-3-7-12(11)13/h1-2,11-12,14H,3-10H2/b2-1+. The summed E-state index contributed by atoms with van der Waals surface area (Å²) in [5.41, 5.74) is 0. The van der Waals surface area contributed by atoms with Gasteiger partial charge in [-0.25, -0.2) is 0 Å². The molecular weight excluding hydrogens is 190 g/mol. The van der Waals surface area contributed by atoms with Crippen LogP contribution in [0.25, 0.3) is 0 Å². The number of thiol groups is 1. The van der Waals surface area contributed by atoms with Gasteiger partial charge in [-0.1, -0.05) is 18.6 Å². The van der Waals surface area contributed by atoms with Gasteiger partial charge < -0.3 is 0 Å². The Labute approximate surface area is 93.0 Å². The first kappa shape index (κ1) is 10.6. The highest BCUT2D eigenvalue weighted by molar-refractivity contribution is 7.80. The Morgan fingerprint density at radius 2 is 2.00 bits per heavy atom. The van der Waals surface area contributed by atoms with Crippen LogP contribution in [-0.2, 0) is 0 Å². The van der Waals surface area contributed by atoms with Gasteiger partial charge >= 0.3 is 0 Å². The van der Waals surface area contributed by atoms with Gasteiger partial charge in [-0.2, -0.15) is 12.6 Å². The number of hydrogen-bond acceptors (Lipinski definition) is 2. The highest BCUT2D eigenvalue weighted by Gasteiger charge is 2.33. The third-order valence-electron chi connectivity index (χ3n) is 3.72. The average molecular weight is 211 g/mol. The Bertz CT molecular complexity index is 202. The lowest BCUT2D eigenvalue weighted by atomic mass is 9.92. The molecule has 0 aromatic carbocycles. The molecule has 2 fully saturated rings. The van der Waals surface area contributed by atoms with Crippen LogP contribution < -0.4 is 0 Å². The van der Waals surface area contributed by atoms with Crippen molar-refractivity contribution in [2.45, 2.75) is 38.1 Å². The molecule has 1 saturated heterocycles. The van der Waals surface area contributed by atoms with E-state index in [0.29, 0.717) is 0 Å². The summed E-state index contributed by atoms with van der Waals surface area (Å²) >= 11 is 4.19. The molecule has 1 aliphatic carbocycles. The van der Waals surface area contributed by atoms with Crippen LogP contribution in [0.4, 0.5) is 0 Å². The lowest BCUT2D eigenvalue weighted by Crippen LogP contribution is -2.42. The Morgan fingerprint density at radius 3 is 2.86 bits per heavy atom. The van der Waals surface area contributed by atoms with Gasteiger partial charge in [-0.05, 0) is 38.1 Å². The van der Waals surface area contributed by atoms with Gasteiger partial charge in [-0.15, -0.1) is 0 Å². The van der Waals surface area contributed by atoms with E-state index < -0.39 is 0 Å². The second-order valence-corrected chi connectivity index (χ2v) is 4.91. The van der Waals surface area contributed by atoms with Gasteiger partial charge in [0.15, 0.2) is 0 Å². The number of fused-ring (bicyclic) bond motifs is 1. The minimum Gasteiger partial charge on any atom is -0.296 e. The van der Waals surface area contributed by atoms with Gasteiger partial charge in [0.05, 0.1) is 0 Å². The quantitative estimate of drug-likeness (QED) is 0.555. The predicted octanol–water partition coefficient (Wildman–Crippen LogP) is 2.74. The molecule has 0 radical (unpaired) electrons. The molecule has 2 rings (SSSR count). The number of hydrogen-bond donors (Lipinski definition) is 1. The zero-order chi connectivity index (χ0) is 9.80. The number of nitrogens with zero attached hydrogens (tertiary/aromatic N) is 1. The average Bonchev–Trinajstić information content (AvgIpc) is 2.67. The molecule has 0 aromatic rings. The van der Waals surface area contributed by atoms with E-state index in [1.807, 2.05) is 0 Å². The van der Waals surface area contributed by atoms with Crippen LogP contribution in [0.1, 0.15) is 32.1 Å². The maximum atomic E-state index is 4.19. The number of piperidine rings is 1. The van der Waals surface area contributed by atoms with Crippen LogP contribution in [0, 0.1) is 5.92 Å². The minimum absolute atomic E-state index is 0.877. The molecule has 0 bridgehead atoms. The van der Waals surface area contributed by atoms with Gasteiger partial charge in [0.25, 0.3) is 0 Å². The lowest BCUT2D eigenvalue weighted by molar-refractivity contribution is 0.127. The Kier molecular flexibility index (Phi) is 3.94. The fraction of sp³-hybridized carbons (Fsp3) is 0.833. The molecule has 80 valence electrons. The highest BCUT2D eigenvalue weighted by Crippen LogP contribution is 2.36. The van der Waals surface area contributed by atoms with E-state index in [1.54, 1.807) is 0 Å². The summed E-state index contributed by atoms with van der Waals surface area (Å²) in [7, 11) is 0. The molecule has 14 heavy (non-hydrogen) atoms. The predicted molar refractivity (Wildman–Crippen MR) is 64.9 cm³/mol. The van der Waals surface area contributed by atoms with Crippen molar-refractivity contribution in [2.75, 3.05) is 18.8 Å². The fourth-order valence-corrected chi connectivity index (χ4v) is 3.22. The first-order chi connectivity index (χ1) is 6.92. The molecule has 2 unspecified atom stereocenters. The summed E-state index contributed by atoms with van der Waals surface area (Å²) in [6.07, 6.45) is 11.7. The van der Waals surface area contributed by atoms with Gasteiger partial charge in [-0.3, -0.25) is 4.90 Å². The van der Waals surface area contributed by atoms with Crippen LogP contribution in [0.2, 0.25) is 0 Å². The second-order valence-electron chi connectivity index (χ2n) is 4.55. The van der Waals surface area contributed by atoms with E-state index in [2.05, 4.69) is 29.7 Å². The molecule has 2 aliphatic rings. The van der Waals surface area contributed by atoms with Crippen LogP contribution in [0.5, 0.6) is 0 Å². The molecule has 0 spiro atoms. The highest BCUT2D eigenvalue weighted by atomic mass is 32.1. The van der Waals surface area contributed by atoms with Crippen molar-refractivity contribution >= 4 is 12.6 Å². The van der Waals surface area contributed by atoms with E-state index >= 15 is 0 Å². The van der Waals surface area contributed by atoms with E-state index in [4.69, 9.17) is 0 Å². The van der Waals surface area contributed by atoms with Crippen LogP contribution >= 0.6 is 12.6 Å². The normalized spacial score (nSPS) is 33.8. The molecule has 2 atom stereocenters. The van der Waals surface area contributed by atoms with Crippen molar-refractivity contribution in [1.82, 2.24) is 4.90 Å². The monoisotopic (exact) mass is 211 g/mol. The third-order valence-corrected chi connectivity index (χ3v) is 3.93. The van der Waals surface area contributed by atoms with E-state index in [9.17, 15) is 0 Å². The van der Waals surface area contributed by atoms with Crippen LogP contribution in [-0.4, -0.2) is 29.8 Å². The molecule has 0 aromatic heterocycles. The van der Waals surface area contributed by atoms with Crippen molar-refractivity contribution in [1.29, 1.82) is 0 Å². The van der Waals surface area contributed by atoms with Crippen molar-refractivity contribution < 1.29 is 0 Å². The summed E-state index contributed by atoms with van der Waals surface area (Å²) in [4.78, 5) is 2.68. The maximum absolute atomic E-state index is 4.19. The molecule has 0 N–H and O–H groups in total. The molecule has 1 aliphatic heterocycles. The summed E-state index contributed by atoms with van der Waals surface area (Å²) in [5, 5.41) is 0. The van der Waals surface area contributed by atoms with Gasteiger partial charge in [0, 0.05) is 18.3 Å². The van der Waals surface area contributed by atoms with Crippen LogP contribution in [0.15, 0.2) is 12.2 Å². The minimum atomic E-state index is 0.877. The molecule has 0 amide bonds. The van der Waals surface area contributed by atoms with Crippen molar-refractivity contribution in [3.8, 4) is 0 Å². The Balaban J connectivity index is 1.87. The smallest absolute Gasteiger partial charge is 0.0166 e. The van der Waals surface area contributed by atoms with Gasteiger partial charge in [0.1, 0.15) is 0 Å². The molecular formula is C12H21NS. The third kappa shape index (κ3) is 2.34. The van der Waals surface area contributed by atoms with E-state index in [-0.39, 0.29) is 0 Å². The van der Waals surface area contributed by atoms with Crippen molar-refractivity contribution in [3.05, 3.63) is 12.2 Å². The van der Waals surface area contributed by atoms with E-state index in [1.165, 1.54) is 38.6 Å². The summed E-state index contributed by atoms with van der Waals surface area (Å²) in [5.74, 6) is 1.90. The maximum Gasteiger partial charge on any atom is 0.0166 e. The molecule has 1 saturated carbocycles. The fourth-order valence-electron chi connectivity index (χ4n) is 3.07. The Hall–Kier alpha value is 0.0500. The van der Waals surface area contributed by atoms with E-state index in [0.717, 1.165) is 24.3 Å². The zero-order valence-electron chi connectivity index (χ0n) is 8.86. The largest absolute Gasteiger partial charge is 0.296 e. The van der Waals surface area contributed by atoms with Gasteiger partial charge in [0.2, 0.25) is 0 Å². The molecule has 1 nitrogen and oxygen atoms in total. The van der Waals surface area contributed by atoms with Crippen LogP contribution in [0.3, 0.4) is 0 Å². The van der Waals surface area contributed by atoms with Crippen molar-refractivity contribution in [2.24, 2.45) is 5.92 Å². The summed E-state index contributed by atoms with van der Waals surface area (Å²) in [6, 6.07) is 0.910. The Morgan fingerprint density at radius 1 is 1.14 bits per heavy atom. The first-order valence-corrected chi connectivity index (χ1v) is 6.55. The number of likely N-dealkylation sites (tertiary alicyclic amines) is 1. The van der Waals surface area contributed by atoms with Crippen molar-refractivity contribution in [3.63, 3.8) is 0 Å². The molecule has 1 heterocycles. The topological polar surface area (TPSA) is 3.24 Å². The first-order valence-electron chi connectivity index (χ1n) is 5.91. The zero-order valence-corrected chi connectivity index (χ0v) is 9.76. The number of rotatable bonds is 3. The second kappa shape index (κ2) is 5.22. The molecule has 2 heteroatoms. The SMILES string of the molecule is SC/C=C/CN1CCCC2CCCC21.